The van der Waals surface area contributed by atoms with Crippen molar-refractivity contribution in [3.05, 3.63) is 144 Å². The predicted octanol–water partition coefficient (Wildman–Crippen LogP) is 6.64. The maximum absolute atomic E-state index is 6.87. The van der Waals surface area contributed by atoms with E-state index in [4.69, 9.17) is 17.4 Å². The van der Waals surface area contributed by atoms with E-state index in [2.05, 4.69) is 109 Å². The second kappa shape index (κ2) is 11.3. The normalized spacial score (nSPS) is 13.4. The van der Waals surface area contributed by atoms with Gasteiger partial charge >= 0.3 is 0 Å². The van der Waals surface area contributed by atoms with Gasteiger partial charge in [0.05, 0.1) is 6.61 Å². The lowest BCUT2D eigenvalue weighted by atomic mass is 9.80. The van der Waals surface area contributed by atoms with E-state index in [9.17, 15) is 0 Å². The molecule has 33 heavy (non-hydrogen) atoms. The van der Waals surface area contributed by atoms with Gasteiger partial charge in [-0.15, -0.1) is 0 Å². The number of nitrogens with one attached hydrogen (secondary N) is 1. The van der Waals surface area contributed by atoms with Crippen molar-refractivity contribution in [2.24, 2.45) is 0 Å². The minimum Gasteiger partial charge on any atom is -0.360 e. The lowest BCUT2D eigenvalue weighted by Gasteiger charge is -2.36. The highest BCUT2D eigenvalue weighted by Crippen LogP contribution is 2.40. The summed E-state index contributed by atoms with van der Waals surface area (Å²) in [6.07, 6.45) is 0. The van der Waals surface area contributed by atoms with Crippen molar-refractivity contribution in [3.8, 4) is 0 Å². The quantitative estimate of drug-likeness (QED) is 0.207. The zero-order chi connectivity index (χ0) is 22.9. The molecule has 0 amide bonds. The van der Waals surface area contributed by atoms with Crippen LogP contribution in [0.4, 0.5) is 0 Å². The molecule has 4 aromatic rings. The minimum atomic E-state index is -0.712. The zero-order valence-electron chi connectivity index (χ0n) is 19.0. The van der Waals surface area contributed by atoms with Crippen molar-refractivity contribution in [1.82, 2.24) is 5.32 Å². The molecule has 0 bridgehead atoms. The summed E-state index contributed by atoms with van der Waals surface area (Å²) in [5.74, 6) is 0. The molecule has 2 nitrogen and oxygen atoms in total. The Morgan fingerprint density at radius 1 is 0.667 bits per heavy atom. The van der Waals surface area contributed by atoms with E-state index in [0.717, 1.165) is 23.2 Å². The molecule has 0 aliphatic rings. The molecule has 0 aromatic heterocycles. The SMILES string of the molecule is CC(NCC(S)COC(c1ccccc1)(c1ccccc1)c1ccccc1)c1ccccc1. The Morgan fingerprint density at radius 3 is 1.48 bits per heavy atom. The zero-order valence-corrected chi connectivity index (χ0v) is 19.9. The monoisotopic (exact) mass is 453 g/mol. The third-order valence-electron chi connectivity index (χ3n) is 5.99. The summed E-state index contributed by atoms with van der Waals surface area (Å²) in [7, 11) is 0. The van der Waals surface area contributed by atoms with Crippen LogP contribution < -0.4 is 5.32 Å². The van der Waals surface area contributed by atoms with Gasteiger partial charge in [0.25, 0.3) is 0 Å². The molecule has 3 heteroatoms. The first-order chi connectivity index (χ1) is 16.2. The molecule has 0 aliphatic carbocycles. The number of hydrogen-bond donors (Lipinski definition) is 2. The number of hydrogen-bond acceptors (Lipinski definition) is 3. The van der Waals surface area contributed by atoms with Crippen LogP contribution in [0, 0.1) is 0 Å². The van der Waals surface area contributed by atoms with Crippen molar-refractivity contribution in [2.45, 2.75) is 23.8 Å². The molecule has 4 rings (SSSR count). The molecule has 1 N–H and O–H groups in total. The van der Waals surface area contributed by atoms with E-state index >= 15 is 0 Å². The third-order valence-corrected chi connectivity index (χ3v) is 6.32. The number of thiol groups is 1. The third kappa shape index (κ3) is 5.56. The Labute approximate surface area is 203 Å². The Balaban J connectivity index is 1.59. The Morgan fingerprint density at radius 2 is 1.06 bits per heavy atom. The van der Waals surface area contributed by atoms with Crippen LogP contribution in [-0.4, -0.2) is 18.4 Å². The van der Waals surface area contributed by atoms with Crippen LogP contribution in [0.15, 0.2) is 121 Å². The van der Waals surface area contributed by atoms with E-state index in [1.165, 1.54) is 5.56 Å². The lowest BCUT2D eigenvalue weighted by Crippen LogP contribution is -2.37. The maximum atomic E-state index is 6.87. The highest BCUT2D eigenvalue weighted by molar-refractivity contribution is 7.81. The first kappa shape index (κ1) is 23.3. The van der Waals surface area contributed by atoms with E-state index in [1.54, 1.807) is 0 Å². The van der Waals surface area contributed by atoms with Crippen molar-refractivity contribution in [1.29, 1.82) is 0 Å². The lowest BCUT2D eigenvalue weighted by molar-refractivity contribution is 0.0139. The first-order valence-electron chi connectivity index (χ1n) is 11.5. The van der Waals surface area contributed by atoms with Crippen LogP contribution in [0.1, 0.15) is 35.2 Å². The average Bonchev–Trinajstić information content (AvgIpc) is 2.90. The highest BCUT2D eigenvalue weighted by Gasteiger charge is 2.37. The van der Waals surface area contributed by atoms with Gasteiger partial charge in [-0.2, -0.15) is 12.6 Å². The second-order valence-electron chi connectivity index (χ2n) is 8.28. The summed E-state index contributed by atoms with van der Waals surface area (Å²) in [4.78, 5) is 0. The van der Waals surface area contributed by atoms with E-state index in [1.807, 2.05) is 24.3 Å². The van der Waals surface area contributed by atoms with Gasteiger partial charge in [-0.1, -0.05) is 121 Å². The van der Waals surface area contributed by atoms with Crippen LogP contribution in [0.25, 0.3) is 0 Å². The summed E-state index contributed by atoms with van der Waals surface area (Å²) >= 11 is 4.88. The van der Waals surface area contributed by atoms with Gasteiger partial charge in [-0.25, -0.2) is 0 Å². The van der Waals surface area contributed by atoms with Crippen molar-refractivity contribution >= 4 is 12.6 Å². The molecule has 0 saturated heterocycles. The summed E-state index contributed by atoms with van der Waals surface area (Å²) < 4.78 is 6.87. The molecule has 0 heterocycles. The topological polar surface area (TPSA) is 21.3 Å². The van der Waals surface area contributed by atoms with Gasteiger partial charge in [-0.05, 0) is 29.2 Å². The Kier molecular flexibility index (Phi) is 8.01. The van der Waals surface area contributed by atoms with Gasteiger partial charge < -0.3 is 10.1 Å². The summed E-state index contributed by atoms with van der Waals surface area (Å²) in [6, 6.07) is 42.1. The van der Waals surface area contributed by atoms with Crippen LogP contribution >= 0.6 is 12.6 Å². The van der Waals surface area contributed by atoms with Crippen LogP contribution in [0.5, 0.6) is 0 Å². The van der Waals surface area contributed by atoms with Gasteiger partial charge in [0.1, 0.15) is 5.60 Å². The van der Waals surface area contributed by atoms with E-state index < -0.39 is 5.60 Å². The van der Waals surface area contributed by atoms with Crippen molar-refractivity contribution in [2.75, 3.05) is 13.2 Å². The molecule has 0 spiro atoms. The van der Waals surface area contributed by atoms with Gasteiger partial charge in [0.2, 0.25) is 0 Å². The molecule has 0 saturated carbocycles. The minimum absolute atomic E-state index is 0.0340. The maximum Gasteiger partial charge on any atom is 0.143 e. The number of rotatable bonds is 10. The number of ether oxygens (including phenoxy) is 1. The molecular formula is C30H31NOS. The van der Waals surface area contributed by atoms with Gasteiger partial charge in [-0.3, -0.25) is 0 Å². The molecule has 0 radical (unpaired) electrons. The summed E-state index contributed by atoms with van der Waals surface area (Å²) in [5, 5.41) is 3.63. The Hall–Kier alpha value is -2.85. The molecule has 4 aromatic carbocycles. The van der Waals surface area contributed by atoms with Crippen LogP contribution in [0.3, 0.4) is 0 Å². The molecule has 168 valence electrons. The van der Waals surface area contributed by atoms with E-state index in [0.29, 0.717) is 6.61 Å². The summed E-state index contributed by atoms with van der Waals surface area (Å²) in [5.41, 5.74) is 3.87. The molecule has 2 unspecified atom stereocenters. The highest BCUT2D eigenvalue weighted by atomic mass is 32.1. The van der Waals surface area contributed by atoms with Gasteiger partial charge in [0, 0.05) is 17.8 Å². The molecular weight excluding hydrogens is 422 g/mol. The smallest absolute Gasteiger partial charge is 0.143 e. The molecule has 0 fully saturated rings. The fourth-order valence-corrected chi connectivity index (χ4v) is 4.40. The van der Waals surface area contributed by atoms with Crippen LogP contribution in [-0.2, 0) is 10.3 Å². The first-order valence-corrected chi connectivity index (χ1v) is 12.0. The average molecular weight is 454 g/mol. The number of benzene rings is 4. The largest absolute Gasteiger partial charge is 0.360 e. The van der Waals surface area contributed by atoms with Crippen LogP contribution in [0.2, 0.25) is 0 Å². The van der Waals surface area contributed by atoms with Crippen molar-refractivity contribution in [3.63, 3.8) is 0 Å². The van der Waals surface area contributed by atoms with E-state index in [-0.39, 0.29) is 11.3 Å². The molecule has 2 atom stereocenters. The summed E-state index contributed by atoms with van der Waals surface area (Å²) in [6.45, 7) is 3.42. The fraction of sp³-hybridized carbons (Fsp3) is 0.200. The fourth-order valence-electron chi connectivity index (χ4n) is 4.22. The molecule has 0 aliphatic heterocycles. The Bertz CT molecular complexity index is 991. The standard InChI is InChI=1S/C30H31NOS/c1-24(25-14-6-2-7-15-25)31-22-29(33)23-32-30(26-16-8-3-9-17-26,27-18-10-4-11-19-27)28-20-12-5-13-21-28/h2-21,24,29,31,33H,22-23H2,1H3. The van der Waals surface area contributed by atoms with Gasteiger partial charge in [0.15, 0.2) is 0 Å². The predicted molar refractivity (Wildman–Crippen MR) is 141 cm³/mol. The van der Waals surface area contributed by atoms with Crippen molar-refractivity contribution < 1.29 is 4.74 Å². The second-order valence-corrected chi connectivity index (χ2v) is 9.02.